The zero-order valence-electron chi connectivity index (χ0n) is 21.2. The zero-order valence-corrected chi connectivity index (χ0v) is 21.2. The van der Waals surface area contributed by atoms with E-state index in [0.29, 0.717) is 54.0 Å². The van der Waals surface area contributed by atoms with E-state index in [0.717, 1.165) is 6.42 Å². The van der Waals surface area contributed by atoms with E-state index in [1.807, 2.05) is 20.8 Å². The van der Waals surface area contributed by atoms with E-state index >= 15 is 0 Å². The van der Waals surface area contributed by atoms with Gasteiger partial charge in [-0.25, -0.2) is 0 Å². The van der Waals surface area contributed by atoms with Gasteiger partial charge in [-0.2, -0.15) is 0 Å². The third kappa shape index (κ3) is 5.48. The topological polar surface area (TPSA) is 98.4 Å². The van der Waals surface area contributed by atoms with Gasteiger partial charge in [0.2, 0.25) is 0 Å². The first-order chi connectivity index (χ1) is 18.0. The van der Waals surface area contributed by atoms with Crippen LogP contribution in [0.3, 0.4) is 0 Å². The molecule has 4 rings (SSSR count). The second kappa shape index (κ2) is 11.7. The van der Waals surface area contributed by atoms with Crippen molar-refractivity contribution in [3.05, 3.63) is 83.3 Å². The van der Waals surface area contributed by atoms with Crippen molar-refractivity contribution in [3.8, 4) is 17.2 Å². The normalized spacial score (nSPS) is 16.7. The summed E-state index contributed by atoms with van der Waals surface area (Å²) in [6.45, 7) is 7.24. The molecule has 0 radical (unpaired) electrons. The molecule has 8 heteroatoms. The minimum absolute atomic E-state index is 0.00890. The van der Waals surface area contributed by atoms with Gasteiger partial charge >= 0.3 is 0 Å². The minimum Gasteiger partial charge on any atom is -0.507 e. The molecule has 1 aliphatic heterocycles. The number of carbonyl (C=O) groups is 2. The van der Waals surface area contributed by atoms with Gasteiger partial charge in [-0.3, -0.25) is 9.59 Å². The lowest BCUT2D eigenvalue weighted by Crippen LogP contribution is -2.29. The van der Waals surface area contributed by atoms with E-state index in [1.54, 1.807) is 54.6 Å². The van der Waals surface area contributed by atoms with Gasteiger partial charge in [0.25, 0.3) is 11.7 Å². The van der Waals surface area contributed by atoms with E-state index in [1.165, 1.54) is 11.2 Å². The van der Waals surface area contributed by atoms with Crippen molar-refractivity contribution >= 4 is 17.4 Å². The fourth-order valence-corrected chi connectivity index (χ4v) is 4.28. The van der Waals surface area contributed by atoms with E-state index in [4.69, 9.17) is 18.6 Å². The maximum atomic E-state index is 13.3. The molecule has 0 bridgehead atoms. The number of ketones is 1. The van der Waals surface area contributed by atoms with Crippen molar-refractivity contribution in [1.82, 2.24) is 4.90 Å². The zero-order chi connectivity index (χ0) is 26.4. The molecule has 2 heterocycles. The van der Waals surface area contributed by atoms with E-state index in [-0.39, 0.29) is 17.9 Å². The lowest BCUT2D eigenvalue weighted by atomic mass is 9.95. The van der Waals surface area contributed by atoms with E-state index < -0.39 is 17.7 Å². The summed E-state index contributed by atoms with van der Waals surface area (Å²) in [6.07, 6.45) is 2.37. The first kappa shape index (κ1) is 25.9. The molecule has 1 atom stereocenters. The molecule has 1 aromatic heterocycles. The molecule has 1 fully saturated rings. The summed E-state index contributed by atoms with van der Waals surface area (Å²) in [6, 6.07) is 14.6. The maximum absolute atomic E-state index is 13.3. The van der Waals surface area contributed by atoms with Gasteiger partial charge in [-0.05, 0) is 74.4 Å². The fraction of sp³-hybridized carbons (Fsp3) is 0.310. The Morgan fingerprint density at radius 1 is 0.946 bits per heavy atom. The average molecular weight is 506 g/mol. The second-order valence-electron chi connectivity index (χ2n) is 8.45. The Hall–Kier alpha value is -4.20. The van der Waals surface area contributed by atoms with Crippen LogP contribution in [0.15, 0.2) is 70.9 Å². The average Bonchev–Trinajstić information content (AvgIpc) is 3.51. The third-order valence-corrected chi connectivity index (χ3v) is 5.93. The van der Waals surface area contributed by atoms with E-state index in [9.17, 15) is 14.7 Å². The summed E-state index contributed by atoms with van der Waals surface area (Å²) in [5.41, 5.74) is 0.994. The number of Topliss-reactive ketones (excluding diaryl/α,β-unsaturated/α-hetero) is 1. The molecule has 1 amide bonds. The molecule has 0 aliphatic carbocycles. The number of amides is 1. The van der Waals surface area contributed by atoms with Gasteiger partial charge in [0.05, 0.1) is 44.2 Å². The Kier molecular flexibility index (Phi) is 8.18. The van der Waals surface area contributed by atoms with Crippen molar-refractivity contribution in [2.75, 3.05) is 19.8 Å². The molecule has 3 aromatic rings. The van der Waals surface area contributed by atoms with Gasteiger partial charge < -0.3 is 28.6 Å². The molecule has 1 aliphatic rings. The molecule has 194 valence electrons. The van der Waals surface area contributed by atoms with Gasteiger partial charge in [0.15, 0.2) is 11.5 Å². The summed E-state index contributed by atoms with van der Waals surface area (Å²) >= 11 is 0. The van der Waals surface area contributed by atoms with Gasteiger partial charge in [0.1, 0.15) is 17.3 Å². The smallest absolute Gasteiger partial charge is 0.296 e. The van der Waals surface area contributed by atoms with Crippen LogP contribution in [0.5, 0.6) is 17.2 Å². The predicted octanol–water partition coefficient (Wildman–Crippen LogP) is 5.49. The molecule has 1 saturated heterocycles. The molecular formula is C29H31NO7. The highest BCUT2D eigenvalue weighted by molar-refractivity contribution is 6.46. The molecule has 8 nitrogen and oxygen atoms in total. The van der Waals surface area contributed by atoms with Crippen LogP contribution in [0.25, 0.3) is 5.76 Å². The van der Waals surface area contributed by atoms with Crippen molar-refractivity contribution in [2.24, 2.45) is 0 Å². The van der Waals surface area contributed by atoms with Crippen LogP contribution in [-0.2, 0) is 16.1 Å². The molecular weight excluding hydrogens is 474 g/mol. The number of furan rings is 1. The molecule has 1 unspecified atom stereocenters. The number of rotatable bonds is 11. The number of aliphatic hydroxyl groups excluding tert-OH is 1. The number of hydrogen-bond donors (Lipinski definition) is 1. The standard InChI is InChI=1S/C29H31NO7/c1-4-15-36-21-12-9-19(10-13-21)27(31)25-26(20-11-14-23(34-5-2)24(17-20)35-6-3)30(29(33)28(25)32)18-22-8-7-16-37-22/h7-14,16-17,26,31H,4-6,15,18H2,1-3H3/b27-25+. The quantitative estimate of drug-likeness (QED) is 0.209. The van der Waals surface area contributed by atoms with Crippen LogP contribution in [0.4, 0.5) is 0 Å². The lowest BCUT2D eigenvalue weighted by Gasteiger charge is -2.25. The van der Waals surface area contributed by atoms with Gasteiger partial charge in [0, 0.05) is 5.56 Å². The van der Waals surface area contributed by atoms with Crippen molar-refractivity contribution in [2.45, 2.75) is 39.8 Å². The summed E-state index contributed by atoms with van der Waals surface area (Å²) in [4.78, 5) is 27.9. The van der Waals surface area contributed by atoms with Crippen molar-refractivity contribution in [1.29, 1.82) is 0 Å². The summed E-state index contributed by atoms with van der Waals surface area (Å²) in [5.74, 6) is 0.451. The highest BCUT2D eigenvalue weighted by Gasteiger charge is 2.46. The number of ether oxygens (including phenoxy) is 3. The second-order valence-corrected chi connectivity index (χ2v) is 8.45. The van der Waals surface area contributed by atoms with Crippen LogP contribution in [0.1, 0.15) is 50.1 Å². The maximum Gasteiger partial charge on any atom is 0.296 e. The first-order valence-corrected chi connectivity index (χ1v) is 12.4. The highest BCUT2D eigenvalue weighted by atomic mass is 16.5. The van der Waals surface area contributed by atoms with Gasteiger partial charge in [-0.15, -0.1) is 0 Å². The number of carbonyl (C=O) groups excluding carboxylic acids is 2. The number of hydrogen-bond acceptors (Lipinski definition) is 7. The summed E-state index contributed by atoms with van der Waals surface area (Å²) in [5, 5.41) is 11.3. The Bertz CT molecular complexity index is 1260. The Morgan fingerprint density at radius 3 is 2.32 bits per heavy atom. The third-order valence-electron chi connectivity index (χ3n) is 5.93. The molecule has 1 N–H and O–H groups in total. The molecule has 0 saturated carbocycles. The van der Waals surface area contributed by atoms with Crippen LogP contribution in [0.2, 0.25) is 0 Å². The van der Waals surface area contributed by atoms with Crippen molar-refractivity contribution in [3.63, 3.8) is 0 Å². The first-order valence-electron chi connectivity index (χ1n) is 12.4. The number of aliphatic hydroxyl groups is 1. The van der Waals surface area contributed by atoms with Crippen LogP contribution >= 0.6 is 0 Å². The predicted molar refractivity (Wildman–Crippen MR) is 138 cm³/mol. The largest absolute Gasteiger partial charge is 0.507 e. The van der Waals surface area contributed by atoms with Crippen LogP contribution in [-0.4, -0.2) is 41.5 Å². The summed E-state index contributed by atoms with van der Waals surface area (Å²) < 4.78 is 22.6. The van der Waals surface area contributed by atoms with Crippen molar-refractivity contribution < 1.29 is 33.3 Å². The highest BCUT2D eigenvalue weighted by Crippen LogP contribution is 2.43. The minimum atomic E-state index is -0.865. The van der Waals surface area contributed by atoms with E-state index in [2.05, 4.69) is 0 Å². The summed E-state index contributed by atoms with van der Waals surface area (Å²) in [7, 11) is 0. The molecule has 0 spiro atoms. The van der Waals surface area contributed by atoms with Crippen LogP contribution in [0, 0.1) is 0 Å². The number of benzene rings is 2. The Labute approximate surface area is 216 Å². The number of nitrogens with zero attached hydrogens (tertiary/aromatic N) is 1. The van der Waals surface area contributed by atoms with Gasteiger partial charge in [-0.1, -0.05) is 13.0 Å². The number of likely N-dealkylation sites (tertiary alicyclic amines) is 1. The molecule has 2 aromatic carbocycles. The van der Waals surface area contributed by atoms with Crippen LogP contribution < -0.4 is 14.2 Å². The SMILES string of the molecule is CCCOc1ccc(/C(O)=C2\C(=O)C(=O)N(Cc3ccco3)C2c2ccc(OCC)c(OCC)c2)cc1. The Morgan fingerprint density at radius 2 is 1.68 bits per heavy atom. The monoisotopic (exact) mass is 505 g/mol. The fourth-order valence-electron chi connectivity index (χ4n) is 4.28. The molecule has 37 heavy (non-hydrogen) atoms. The lowest BCUT2D eigenvalue weighted by molar-refractivity contribution is -0.140. The Balaban J connectivity index is 1.82.